The Kier molecular flexibility index (Phi) is 3.76. The predicted molar refractivity (Wildman–Crippen MR) is 79.3 cm³/mol. The molecular formula is C16H18O2S. The number of aryl methyl sites for hydroxylation is 2. The highest BCUT2D eigenvalue weighted by atomic mass is 32.2. The molecule has 0 atom stereocenters. The fourth-order valence-electron chi connectivity index (χ4n) is 1.87. The van der Waals surface area contributed by atoms with Crippen molar-refractivity contribution >= 4 is 11.8 Å². The standard InChI is InChI=1S/C16H18O2S/c1-9-5-13(7-15(17)11(9)3)19-14-6-10(2)12(4)16(18)8-14/h5-8,17-18H,1-4H3. The van der Waals surface area contributed by atoms with Crippen molar-refractivity contribution < 1.29 is 10.2 Å². The SMILES string of the molecule is Cc1cc(Sc2cc(C)c(C)c(O)c2)cc(O)c1C. The summed E-state index contributed by atoms with van der Waals surface area (Å²) >= 11 is 1.54. The molecule has 0 aliphatic heterocycles. The maximum Gasteiger partial charge on any atom is 0.119 e. The number of benzene rings is 2. The molecule has 2 aromatic carbocycles. The lowest BCUT2D eigenvalue weighted by atomic mass is 10.1. The third kappa shape index (κ3) is 2.87. The second kappa shape index (κ2) is 5.17. The molecule has 2 aromatic rings. The molecular weight excluding hydrogens is 256 g/mol. The van der Waals surface area contributed by atoms with E-state index in [1.165, 1.54) is 0 Å². The van der Waals surface area contributed by atoms with Gasteiger partial charge in [-0.15, -0.1) is 0 Å². The van der Waals surface area contributed by atoms with E-state index in [9.17, 15) is 10.2 Å². The monoisotopic (exact) mass is 274 g/mol. The highest BCUT2D eigenvalue weighted by Crippen LogP contribution is 2.36. The maximum absolute atomic E-state index is 9.85. The Morgan fingerprint density at radius 3 is 1.37 bits per heavy atom. The molecule has 0 saturated carbocycles. The zero-order valence-corrected chi connectivity index (χ0v) is 12.4. The fraction of sp³-hybridized carbons (Fsp3) is 0.250. The normalized spacial score (nSPS) is 10.7. The second-order valence-corrected chi connectivity index (χ2v) is 6.02. The smallest absolute Gasteiger partial charge is 0.119 e. The largest absolute Gasteiger partial charge is 0.508 e. The molecule has 0 aliphatic rings. The molecule has 3 heteroatoms. The zero-order valence-electron chi connectivity index (χ0n) is 11.6. The molecule has 2 rings (SSSR count). The van der Waals surface area contributed by atoms with Crippen LogP contribution in [-0.2, 0) is 0 Å². The average Bonchev–Trinajstić information content (AvgIpc) is 2.33. The third-order valence-electron chi connectivity index (χ3n) is 3.46. The Balaban J connectivity index is 2.36. The van der Waals surface area contributed by atoms with E-state index in [4.69, 9.17) is 0 Å². The number of aromatic hydroxyl groups is 2. The molecule has 0 fully saturated rings. The van der Waals surface area contributed by atoms with Crippen molar-refractivity contribution in [3.63, 3.8) is 0 Å². The maximum atomic E-state index is 9.85. The summed E-state index contributed by atoms with van der Waals surface area (Å²) in [6.45, 7) is 7.77. The molecule has 0 spiro atoms. The van der Waals surface area contributed by atoms with E-state index in [0.29, 0.717) is 11.5 Å². The third-order valence-corrected chi connectivity index (χ3v) is 4.41. The Labute approximate surface area is 118 Å². The van der Waals surface area contributed by atoms with Gasteiger partial charge in [-0.05, 0) is 74.2 Å². The minimum absolute atomic E-state index is 0.315. The van der Waals surface area contributed by atoms with Crippen LogP contribution in [0.3, 0.4) is 0 Å². The summed E-state index contributed by atoms with van der Waals surface area (Å²) in [4.78, 5) is 1.95. The van der Waals surface area contributed by atoms with Crippen LogP contribution in [0.25, 0.3) is 0 Å². The summed E-state index contributed by atoms with van der Waals surface area (Å²) in [6.07, 6.45) is 0. The summed E-state index contributed by atoms with van der Waals surface area (Å²) in [6, 6.07) is 7.62. The van der Waals surface area contributed by atoms with Crippen molar-refractivity contribution in [2.45, 2.75) is 37.5 Å². The van der Waals surface area contributed by atoms with Gasteiger partial charge in [-0.3, -0.25) is 0 Å². The summed E-state index contributed by atoms with van der Waals surface area (Å²) < 4.78 is 0. The molecule has 0 saturated heterocycles. The first kappa shape index (κ1) is 13.8. The lowest BCUT2D eigenvalue weighted by Crippen LogP contribution is -1.86. The van der Waals surface area contributed by atoms with Gasteiger partial charge < -0.3 is 10.2 Å². The molecule has 2 nitrogen and oxygen atoms in total. The van der Waals surface area contributed by atoms with Crippen LogP contribution in [0.5, 0.6) is 11.5 Å². The lowest BCUT2D eigenvalue weighted by molar-refractivity contribution is 0.469. The number of hydrogen-bond donors (Lipinski definition) is 2. The van der Waals surface area contributed by atoms with Gasteiger partial charge in [0.15, 0.2) is 0 Å². The van der Waals surface area contributed by atoms with E-state index < -0.39 is 0 Å². The van der Waals surface area contributed by atoms with Gasteiger partial charge in [0.05, 0.1) is 0 Å². The quantitative estimate of drug-likeness (QED) is 0.848. The van der Waals surface area contributed by atoms with Gasteiger partial charge in [0.2, 0.25) is 0 Å². The first-order valence-corrected chi connectivity index (χ1v) is 6.98. The van der Waals surface area contributed by atoms with Gasteiger partial charge in [0.1, 0.15) is 11.5 Å². The van der Waals surface area contributed by atoms with Crippen molar-refractivity contribution in [1.82, 2.24) is 0 Å². The van der Waals surface area contributed by atoms with Gasteiger partial charge in [-0.25, -0.2) is 0 Å². The van der Waals surface area contributed by atoms with Crippen LogP contribution in [0.15, 0.2) is 34.1 Å². The average molecular weight is 274 g/mol. The summed E-state index contributed by atoms with van der Waals surface area (Å²) in [5, 5.41) is 19.7. The highest BCUT2D eigenvalue weighted by molar-refractivity contribution is 7.99. The molecule has 19 heavy (non-hydrogen) atoms. The van der Waals surface area contributed by atoms with Crippen LogP contribution in [0.4, 0.5) is 0 Å². The van der Waals surface area contributed by atoms with E-state index >= 15 is 0 Å². The van der Waals surface area contributed by atoms with Crippen molar-refractivity contribution in [2.75, 3.05) is 0 Å². The van der Waals surface area contributed by atoms with Gasteiger partial charge in [0.25, 0.3) is 0 Å². The van der Waals surface area contributed by atoms with E-state index in [-0.39, 0.29) is 0 Å². The van der Waals surface area contributed by atoms with E-state index in [0.717, 1.165) is 32.0 Å². The number of phenols is 2. The molecule has 0 heterocycles. The molecule has 0 unspecified atom stereocenters. The Morgan fingerprint density at radius 1 is 0.684 bits per heavy atom. The van der Waals surface area contributed by atoms with Crippen LogP contribution >= 0.6 is 11.8 Å². The topological polar surface area (TPSA) is 40.5 Å². The van der Waals surface area contributed by atoms with Crippen LogP contribution in [0.2, 0.25) is 0 Å². The highest BCUT2D eigenvalue weighted by Gasteiger charge is 2.07. The molecule has 0 aliphatic carbocycles. The summed E-state index contributed by atoms with van der Waals surface area (Å²) in [5.74, 6) is 0.631. The van der Waals surface area contributed by atoms with Crippen molar-refractivity contribution in [3.8, 4) is 11.5 Å². The summed E-state index contributed by atoms with van der Waals surface area (Å²) in [7, 11) is 0. The number of hydrogen-bond acceptors (Lipinski definition) is 3. The van der Waals surface area contributed by atoms with E-state index in [1.807, 2.05) is 39.8 Å². The van der Waals surface area contributed by atoms with Crippen LogP contribution in [0, 0.1) is 27.7 Å². The second-order valence-electron chi connectivity index (χ2n) is 4.87. The van der Waals surface area contributed by atoms with Gasteiger partial charge in [0, 0.05) is 9.79 Å². The molecule has 0 aromatic heterocycles. The lowest BCUT2D eigenvalue weighted by Gasteiger charge is -2.10. The van der Waals surface area contributed by atoms with Crippen LogP contribution in [0.1, 0.15) is 22.3 Å². The van der Waals surface area contributed by atoms with Gasteiger partial charge in [-0.1, -0.05) is 11.8 Å². The fourth-order valence-corrected chi connectivity index (χ4v) is 2.96. The molecule has 0 radical (unpaired) electrons. The number of phenolic OH excluding ortho intramolecular Hbond substituents is 2. The Bertz CT molecular complexity index is 531. The first-order valence-electron chi connectivity index (χ1n) is 6.16. The molecule has 2 N–H and O–H groups in total. The van der Waals surface area contributed by atoms with Gasteiger partial charge >= 0.3 is 0 Å². The van der Waals surface area contributed by atoms with Gasteiger partial charge in [-0.2, -0.15) is 0 Å². The zero-order chi connectivity index (χ0) is 14.2. The van der Waals surface area contributed by atoms with Crippen molar-refractivity contribution in [1.29, 1.82) is 0 Å². The van der Waals surface area contributed by atoms with Crippen molar-refractivity contribution in [3.05, 3.63) is 46.5 Å². The Hall–Kier alpha value is -1.61. The molecule has 100 valence electrons. The van der Waals surface area contributed by atoms with Crippen LogP contribution < -0.4 is 0 Å². The number of rotatable bonds is 2. The van der Waals surface area contributed by atoms with E-state index in [2.05, 4.69) is 0 Å². The summed E-state index contributed by atoms with van der Waals surface area (Å²) in [5.41, 5.74) is 3.95. The first-order chi connectivity index (χ1) is 8.88. The van der Waals surface area contributed by atoms with E-state index in [1.54, 1.807) is 23.9 Å². The minimum atomic E-state index is 0.315. The van der Waals surface area contributed by atoms with Crippen LogP contribution in [-0.4, -0.2) is 10.2 Å². The Morgan fingerprint density at radius 2 is 1.05 bits per heavy atom. The molecule has 0 bridgehead atoms. The molecule has 0 amide bonds. The minimum Gasteiger partial charge on any atom is -0.508 e. The predicted octanol–water partition coefficient (Wildman–Crippen LogP) is 4.48. The van der Waals surface area contributed by atoms with Crippen molar-refractivity contribution in [2.24, 2.45) is 0 Å².